The highest BCUT2D eigenvalue weighted by Crippen LogP contribution is 2.25. The minimum atomic E-state index is -0.146. The third-order valence-corrected chi connectivity index (χ3v) is 4.71. The number of fused-ring (bicyclic) bond motifs is 1. The number of rotatable bonds is 6. The first kappa shape index (κ1) is 17.6. The molecular formula is C20H23N3O4. The van der Waals surface area contributed by atoms with Gasteiger partial charge in [-0.15, -0.1) is 0 Å². The first-order chi connectivity index (χ1) is 13.0. The Balaban J connectivity index is 1.56. The van der Waals surface area contributed by atoms with Crippen molar-refractivity contribution < 1.29 is 14.2 Å². The summed E-state index contributed by atoms with van der Waals surface area (Å²) in [7, 11) is 1.69. The van der Waals surface area contributed by atoms with Gasteiger partial charge in [0.25, 0.3) is 5.56 Å². The zero-order chi connectivity index (χ0) is 19.0. The van der Waals surface area contributed by atoms with Crippen LogP contribution in [-0.2, 0) is 11.8 Å². The number of ether oxygens (including phenoxy) is 3. The SMILES string of the molecule is CC(C)c1ncc2c(=O)n(C)c(Oc3ccc(OCC4CCO4)cc3)cn12. The van der Waals surface area contributed by atoms with E-state index in [1.165, 1.54) is 4.57 Å². The van der Waals surface area contributed by atoms with E-state index in [4.69, 9.17) is 14.2 Å². The molecule has 0 N–H and O–H groups in total. The molecule has 3 heterocycles. The molecule has 7 heteroatoms. The molecule has 1 aromatic carbocycles. The summed E-state index contributed by atoms with van der Waals surface area (Å²) in [4.78, 5) is 17.0. The van der Waals surface area contributed by atoms with Crippen molar-refractivity contribution in [2.45, 2.75) is 32.3 Å². The van der Waals surface area contributed by atoms with E-state index in [1.54, 1.807) is 23.8 Å². The molecule has 1 aliphatic rings. The number of hydrogen-bond donors (Lipinski definition) is 0. The molecule has 0 saturated carbocycles. The second kappa shape index (κ2) is 7.08. The topological polar surface area (TPSA) is 67.0 Å². The van der Waals surface area contributed by atoms with Crippen molar-refractivity contribution in [1.29, 1.82) is 0 Å². The van der Waals surface area contributed by atoms with Crippen LogP contribution in [0.15, 0.2) is 41.5 Å². The molecule has 7 nitrogen and oxygen atoms in total. The maximum Gasteiger partial charge on any atom is 0.279 e. The van der Waals surface area contributed by atoms with Crippen molar-refractivity contribution in [2.75, 3.05) is 13.2 Å². The summed E-state index contributed by atoms with van der Waals surface area (Å²) in [5, 5.41) is 0. The third-order valence-electron chi connectivity index (χ3n) is 4.71. The van der Waals surface area contributed by atoms with Crippen LogP contribution in [0.25, 0.3) is 5.52 Å². The normalized spacial score (nSPS) is 16.5. The zero-order valence-corrected chi connectivity index (χ0v) is 15.7. The number of imidazole rings is 1. The van der Waals surface area contributed by atoms with Crippen LogP contribution in [-0.4, -0.2) is 33.3 Å². The Morgan fingerprint density at radius 1 is 1.26 bits per heavy atom. The molecular weight excluding hydrogens is 346 g/mol. The van der Waals surface area contributed by atoms with E-state index >= 15 is 0 Å². The fourth-order valence-corrected chi connectivity index (χ4v) is 2.99. The first-order valence-corrected chi connectivity index (χ1v) is 9.12. The van der Waals surface area contributed by atoms with E-state index in [0.717, 1.165) is 24.6 Å². The van der Waals surface area contributed by atoms with Crippen molar-refractivity contribution in [1.82, 2.24) is 14.0 Å². The van der Waals surface area contributed by atoms with E-state index in [1.807, 2.05) is 38.1 Å². The van der Waals surface area contributed by atoms with E-state index < -0.39 is 0 Å². The first-order valence-electron chi connectivity index (χ1n) is 9.12. The van der Waals surface area contributed by atoms with Crippen LogP contribution in [0.2, 0.25) is 0 Å². The van der Waals surface area contributed by atoms with Crippen LogP contribution in [0.1, 0.15) is 32.0 Å². The summed E-state index contributed by atoms with van der Waals surface area (Å²) in [5.41, 5.74) is 0.392. The quantitative estimate of drug-likeness (QED) is 0.668. The van der Waals surface area contributed by atoms with Gasteiger partial charge in [-0.3, -0.25) is 13.8 Å². The molecule has 0 amide bonds. The van der Waals surface area contributed by atoms with Crippen LogP contribution in [0, 0.1) is 0 Å². The highest BCUT2D eigenvalue weighted by molar-refractivity contribution is 5.46. The predicted molar refractivity (Wildman–Crippen MR) is 101 cm³/mol. The van der Waals surface area contributed by atoms with Crippen LogP contribution in [0.3, 0.4) is 0 Å². The number of hydrogen-bond acceptors (Lipinski definition) is 5. The second-order valence-corrected chi connectivity index (χ2v) is 7.02. The van der Waals surface area contributed by atoms with Gasteiger partial charge in [0.1, 0.15) is 29.4 Å². The maximum absolute atomic E-state index is 12.6. The lowest BCUT2D eigenvalue weighted by Gasteiger charge is -2.26. The van der Waals surface area contributed by atoms with Gasteiger partial charge in [0, 0.05) is 26.0 Å². The Hall–Kier alpha value is -2.80. The predicted octanol–water partition coefficient (Wildman–Crippen LogP) is 3.12. The average Bonchev–Trinajstić information content (AvgIpc) is 3.03. The van der Waals surface area contributed by atoms with E-state index in [9.17, 15) is 4.79 Å². The molecule has 1 saturated heterocycles. The van der Waals surface area contributed by atoms with Gasteiger partial charge in [-0.2, -0.15) is 0 Å². The summed E-state index contributed by atoms with van der Waals surface area (Å²) < 4.78 is 20.3. The maximum atomic E-state index is 12.6. The van der Waals surface area contributed by atoms with Gasteiger partial charge < -0.3 is 14.2 Å². The number of benzene rings is 1. The minimum absolute atomic E-state index is 0.146. The van der Waals surface area contributed by atoms with E-state index in [0.29, 0.717) is 23.8 Å². The molecule has 3 aromatic rings. The van der Waals surface area contributed by atoms with Crippen molar-refractivity contribution in [3.8, 4) is 17.4 Å². The second-order valence-electron chi connectivity index (χ2n) is 7.02. The summed E-state index contributed by atoms with van der Waals surface area (Å²) in [6.45, 7) is 5.46. The Labute approximate surface area is 157 Å². The summed E-state index contributed by atoms with van der Waals surface area (Å²) in [5.74, 6) is 2.86. The molecule has 142 valence electrons. The van der Waals surface area contributed by atoms with Crippen LogP contribution in [0.4, 0.5) is 0 Å². The molecule has 0 aliphatic carbocycles. The highest BCUT2D eigenvalue weighted by Gasteiger charge is 2.18. The molecule has 0 bridgehead atoms. The molecule has 0 spiro atoms. The Bertz CT molecular complexity index is 1000. The Morgan fingerprint density at radius 2 is 1.96 bits per heavy atom. The molecule has 27 heavy (non-hydrogen) atoms. The molecule has 1 aliphatic heterocycles. The van der Waals surface area contributed by atoms with Gasteiger partial charge in [0.2, 0.25) is 5.88 Å². The molecule has 0 radical (unpaired) electrons. The van der Waals surface area contributed by atoms with Crippen LogP contribution < -0.4 is 15.0 Å². The van der Waals surface area contributed by atoms with E-state index in [-0.39, 0.29) is 17.6 Å². The van der Waals surface area contributed by atoms with Gasteiger partial charge in [0.05, 0.1) is 18.5 Å². The van der Waals surface area contributed by atoms with Crippen molar-refractivity contribution >= 4 is 5.52 Å². The standard InChI is InChI=1S/C20H23N3O4/c1-13(2)19-21-10-17-20(24)22(3)18(11-23(17)19)27-15-6-4-14(5-7-15)26-12-16-8-9-25-16/h4-7,10-11,13,16H,8-9,12H2,1-3H3. The zero-order valence-electron chi connectivity index (χ0n) is 15.7. The Morgan fingerprint density at radius 3 is 2.59 bits per heavy atom. The van der Waals surface area contributed by atoms with Gasteiger partial charge in [-0.1, -0.05) is 13.8 Å². The summed E-state index contributed by atoms with van der Waals surface area (Å²) >= 11 is 0. The highest BCUT2D eigenvalue weighted by atomic mass is 16.5. The Kier molecular flexibility index (Phi) is 4.61. The van der Waals surface area contributed by atoms with Crippen molar-refractivity contribution in [2.24, 2.45) is 7.05 Å². The van der Waals surface area contributed by atoms with Crippen LogP contribution >= 0.6 is 0 Å². The van der Waals surface area contributed by atoms with Gasteiger partial charge >= 0.3 is 0 Å². The molecule has 4 rings (SSSR count). The summed E-state index contributed by atoms with van der Waals surface area (Å²) in [6.07, 6.45) is 4.66. The van der Waals surface area contributed by atoms with Gasteiger partial charge in [0.15, 0.2) is 0 Å². The van der Waals surface area contributed by atoms with Crippen molar-refractivity contribution in [3.05, 3.63) is 52.8 Å². The van der Waals surface area contributed by atoms with Gasteiger partial charge in [-0.05, 0) is 24.3 Å². The molecule has 2 aromatic heterocycles. The fourth-order valence-electron chi connectivity index (χ4n) is 2.99. The monoisotopic (exact) mass is 369 g/mol. The van der Waals surface area contributed by atoms with Crippen LogP contribution in [0.5, 0.6) is 17.4 Å². The fraction of sp³-hybridized carbons (Fsp3) is 0.400. The average molecular weight is 369 g/mol. The molecule has 1 atom stereocenters. The minimum Gasteiger partial charge on any atom is -0.491 e. The number of nitrogens with zero attached hydrogens (tertiary/aromatic N) is 3. The molecule has 1 fully saturated rings. The van der Waals surface area contributed by atoms with Gasteiger partial charge in [-0.25, -0.2) is 4.98 Å². The molecule has 1 unspecified atom stereocenters. The largest absolute Gasteiger partial charge is 0.491 e. The summed E-state index contributed by atoms with van der Waals surface area (Å²) in [6, 6.07) is 7.34. The lowest BCUT2D eigenvalue weighted by Crippen LogP contribution is -2.32. The van der Waals surface area contributed by atoms with E-state index in [2.05, 4.69) is 4.98 Å². The third kappa shape index (κ3) is 3.42. The lowest BCUT2D eigenvalue weighted by atomic mass is 10.2. The number of aromatic nitrogens is 3. The van der Waals surface area contributed by atoms with Crippen molar-refractivity contribution in [3.63, 3.8) is 0 Å². The smallest absolute Gasteiger partial charge is 0.279 e. The lowest BCUT2D eigenvalue weighted by molar-refractivity contribution is -0.0720.